The number of hydrogen-bond donors (Lipinski definition) is 0. The van der Waals surface area contributed by atoms with E-state index in [9.17, 15) is 8.42 Å². The molecule has 0 amide bonds. The molecule has 8 nitrogen and oxygen atoms in total. The number of rotatable bonds is 18. The Bertz CT molecular complexity index is 2740. The molecule has 69 heavy (non-hydrogen) atoms. The van der Waals surface area contributed by atoms with Gasteiger partial charge in [-0.25, -0.2) is 8.42 Å². The molecule has 0 saturated carbocycles. The zero-order chi connectivity index (χ0) is 47.4. The Balaban J connectivity index is 0.00000293. The summed E-state index contributed by atoms with van der Waals surface area (Å²) in [6, 6.07) is 72.2. The highest BCUT2D eigenvalue weighted by Gasteiger charge is 2.28. The molecule has 0 radical (unpaired) electrons. The second-order valence-corrected chi connectivity index (χ2v) is 20.9. The van der Waals surface area contributed by atoms with Crippen LogP contribution < -0.4 is 19.8 Å². The first-order valence-electron chi connectivity index (χ1n) is 23.3. The Morgan fingerprint density at radius 2 is 0.667 bits per heavy atom. The summed E-state index contributed by atoms with van der Waals surface area (Å²) in [6.45, 7) is 5.46. The number of thioether (sulfide) groups is 2. The number of hydrogen-bond acceptors (Lipinski definition) is 10. The minimum Gasteiger partial charge on any atom is -0.311 e. The molecule has 0 bridgehead atoms. The third-order valence-corrected chi connectivity index (χ3v) is 15.2. The van der Waals surface area contributed by atoms with Crippen molar-refractivity contribution in [2.45, 2.75) is 34.1 Å². The SMILES string of the molecule is CC.O=S(=O)(c1ccc(N(CC2CS2)/N=C/c2ccc(N(c3ccccc3)c3ccccc3)cc2)cc1)c1ccc(N(CC2CS2)/N=C/c2ccc(N(c3ccccc3)c3ccccc3)cc2)cc1. The Kier molecular flexibility index (Phi) is 15.3. The summed E-state index contributed by atoms with van der Waals surface area (Å²) in [5.41, 5.74) is 10.00. The van der Waals surface area contributed by atoms with Gasteiger partial charge >= 0.3 is 0 Å². The first-order valence-corrected chi connectivity index (χ1v) is 26.8. The second-order valence-electron chi connectivity index (χ2n) is 16.3. The van der Waals surface area contributed by atoms with E-state index >= 15 is 0 Å². The van der Waals surface area contributed by atoms with Gasteiger partial charge < -0.3 is 9.80 Å². The summed E-state index contributed by atoms with van der Waals surface area (Å²) in [7, 11) is -3.79. The second kappa shape index (κ2) is 22.4. The van der Waals surface area contributed by atoms with Gasteiger partial charge in [0.25, 0.3) is 0 Å². The fraction of sp³-hybridized carbons (Fsp3) is 0.138. The number of sulfone groups is 1. The van der Waals surface area contributed by atoms with Gasteiger partial charge in [0.05, 0.1) is 46.7 Å². The van der Waals surface area contributed by atoms with E-state index in [0.29, 0.717) is 10.5 Å². The van der Waals surface area contributed by atoms with Crippen molar-refractivity contribution in [2.75, 3.05) is 44.4 Å². The maximum atomic E-state index is 14.0. The van der Waals surface area contributed by atoms with E-state index in [1.54, 1.807) is 24.3 Å². The van der Waals surface area contributed by atoms with E-state index in [1.165, 1.54) is 0 Å². The van der Waals surface area contributed by atoms with E-state index < -0.39 is 9.84 Å². The average molecular weight is 963 g/mol. The zero-order valence-electron chi connectivity index (χ0n) is 38.6. The smallest absolute Gasteiger partial charge is 0.206 e. The highest BCUT2D eigenvalue weighted by Crippen LogP contribution is 2.37. The Morgan fingerprint density at radius 3 is 0.942 bits per heavy atom. The van der Waals surface area contributed by atoms with E-state index in [0.717, 1.165) is 81.2 Å². The molecule has 2 unspecified atom stereocenters. The van der Waals surface area contributed by atoms with Crippen LogP contribution in [-0.2, 0) is 9.84 Å². The fourth-order valence-corrected chi connectivity index (χ4v) is 10.0. The third kappa shape index (κ3) is 12.0. The van der Waals surface area contributed by atoms with Gasteiger partial charge in [-0.1, -0.05) is 111 Å². The lowest BCUT2D eigenvalue weighted by Gasteiger charge is -2.25. The summed E-state index contributed by atoms with van der Waals surface area (Å²) in [6.07, 6.45) is 3.74. The number of benzene rings is 8. The molecule has 0 N–H and O–H groups in total. The molecule has 10 rings (SSSR count). The van der Waals surface area contributed by atoms with Crippen LogP contribution in [0.5, 0.6) is 0 Å². The standard InChI is InChI=1S/C56H48N6O2S3.C2H6/c63-67(64,55-33-29-45(30-34-55)59(39-53-41-65-53)57-37-43-21-25-51(26-22-43)61(47-13-5-1-6-14-47)48-15-7-2-8-16-48)56-35-31-46(32-36-56)60(40-54-42-66-54)58-38-44-23-27-52(28-24-44)62(49-17-9-3-10-18-49)50-19-11-4-12-20-50;1-2/h1-38,53-54H,39-42H2;1-2H3/b57-37+,58-38+;. The van der Waals surface area contributed by atoms with Crippen LogP contribution in [0.2, 0.25) is 0 Å². The molecule has 346 valence electrons. The first-order chi connectivity index (χ1) is 33.9. The van der Waals surface area contributed by atoms with Crippen LogP contribution in [0.25, 0.3) is 0 Å². The zero-order valence-corrected chi connectivity index (χ0v) is 41.1. The topological polar surface area (TPSA) is 71.8 Å². The van der Waals surface area contributed by atoms with Crippen LogP contribution in [-0.4, -0.2) is 55.9 Å². The number of hydrazone groups is 2. The summed E-state index contributed by atoms with van der Waals surface area (Å²) < 4.78 is 28.0. The van der Waals surface area contributed by atoms with E-state index in [4.69, 9.17) is 10.2 Å². The quantitative estimate of drug-likeness (QED) is 0.0478. The largest absolute Gasteiger partial charge is 0.311 e. The molecule has 2 aliphatic heterocycles. The Labute approximate surface area is 415 Å². The molecule has 0 spiro atoms. The van der Waals surface area contributed by atoms with Crippen molar-refractivity contribution in [2.24, 2.45) is 10.2 Å². The average Bonchev–Trinajstić information content (AvgIpc) is 4.38. The van der Waals surface area contributed by atoms with Gasteiger partial charge in [-0.15, -0.1) is 0 Å². The van der Waals surface area contributed by atoms with Crippen LogP contribution in [0, 0.1) is 0 Å². The molecule has 2 atom stereocenters. The number of nitrogens with zero attached hydrogens (tertiary/aromatic N) is 6. The molecular weight excluding hydrogens is 909 g/mol. The van der Waals surface area contributed by atoms with Crippen LogP contribution in [0.1, 0.15) is 25.0 Å². The maximum Gasteiger partial charge on any atom is 0.206 e. The molecule has 2 fully saturated rings. The van der Waals surface area contributed by atoms with Crippen molar-refractivity contribution in [3.05, 3.63) is 230 Å². The number of para-hydroxylation sites is 4. The Hall–Kier alpha value is -7.05. The van der Waals surface area contributed by atoms with Gasteiger partial charge in [-0.3, -0.25) is 10.0 Å². The molecule has 0 aliphatic carbocycles. The predicted molar refractivity (Wildman–Crippen MR) is 294 cm³/mol. The van der Waals surface area contributed by atoms with Gasteiger partial charge in [-0.2, -0.15) is 33.7 Å². The van der Waals surface area contributed by atoms with E-state index in [1.807, 2.05) is 157 Å². The maximum absolute atomic E-state index is 14.0. The lowest BCUT2D eigenvalue weighted by Crippen LogP contribution is -2.22. The number of anilines is 8. The van der Waals surface area contributed by atoms with Crippen LogP contribution in [0.3, 0.4) is 0 Å². The van der Waals surface area contributed by atoms with Gasteiger partial charge in [0.1, 0.15) is 0 Å². The lowest BCUT2D eigenvalue weighted by atomic mass is 10.1. The minimum absolute atomic E-state index is 0.233. The molecule has 8 aromatic rings. The van der Waals surface area contributed by atoms with E-state index in [-0.39, 0.29) is 9.79 Å². The van der Waals surface area contributed by atoms with Crippen LogP contribution in [0.4, 0.5) is 45.5 Å². The molecule has 0 aromatic heterocycles. The van der Waals surface area contributed by atoms with Gasteiger partial charge in [0.15, 0.2) is 0 Å². The van der Waals surface area contributed by atoms with Crippen molar-refractivity contribution >= 4 is 91.3 Å². The molecule has 8 aromatic carbocycles. The lowest BCUT2D eigenvalue weighted by molar-refractivity contribution is 0.596. The monoisotopic (exact) mass is 962 g/mol. The summed E-state index contributed by atoms with van der Waals surface area (Å²) >= 11 is 3.80. The van der Waals surface area contributed by atoms with Crippen molar-refractivity contribution in [1.82, 2.24) is 0 Å². The van der Waals surface area contributed by atoms with Gasteiger partial charge in [0.2, 0.25) is 9.84 Å². The summed E-state index contributed by atoms with van der Waals surface area (Å²) in [4.78, 5) is 4.93. The summed E-state index contributed by atoms with van der Waals surface area (Å²) in [5.74, 6) is 2.16. The molecule has 2 saturated heterocycles. The minimum atomic E-state index is -3.79. The van der Waals surface area contributed by atoms with E-state index in [2.05, 4.69) is 107 Å². The molecule has 2 heterocycles. The van der Waals surface area contributed by atoms with Crippen molar-refractivity contribution in [1.29, 1.82) is 0 Å². The van der Waals surface area contributed by atoms with Crippen LogP contribution >= 0.6 is 23.5 Å². The first kappa shape index (κ1) is 47.0. The van der Waals surface area contributed by atoms with Crippen molar-refractivity contribution in [3.8, 4) is 0 Å². The van der Waals surface area contributed by atoms with Gasteiger partial charge in [-0.05, 0) is 132 Å². The van der Waals surface area contributed by atoms with Crippen LogP contribution in [0.15, 0.2) is 238 Å². The van der Waals surface area contributed by atoms with Crippen molar-refractivity contribution < 1.29 is 8.42 Å². The molecule has 2 aliphatic rings. The third-order valence-electron chi connectivity index (χ3n) is 11.5. The predicted octanol–water partition coefficient (Wildman–Crippen LogP) is 14.4. The Morgan fingerprint density at radius 1 is 0.406 bits per heavy atom. The summed E-state index contributed by atoms with van der Waals surface area (Å²) in [5, 5.41) is 14.7. The normalized spacial score (nSPS) is 15.0. The fourth-order valence-electron chi connectivity index (χ4n) is 7.80. The highest BCUT2D eigenvalue weighted by molar-refractivity contribution is 8.07. The van der Waals surface area contributed by atoms with Gasteiger partial charge in [0, 0.05) is 56.1 Å². The molecule has 11 heteroatoms. The van der Waals surface area contributed by atoms with Crippen molar-refractivity contribution in [3.63, 3.8) is 0 Å². The highest BCUT2D eigenvalue weighted by atomic mass is 32.2. The molecular formula is C58H54N6O2S3.